The number of aliphatic imine (C=N–C) groups is 1. The summed E-state index contributed by atoms with van der Waals surface area (Å²) in [6.45, 7) is 19.2. The Morgan fingerprint density at radius 3 is 2.38 bits per heavy atom. The molecule has 0 N–H and O–H groups in total. The number of rotatable bonds is 8. The molecular weight excluding hydrogens is 421 g/mol. The van der Waals surface area contributed by atoms with Crippen molar-refractivity contribution in [2.24, 2.45) is 12.0 Å². The van der Waals surface area contributed by atoms with E-state index in [0.717, 1.165) is 35.0 Å². The standard InChI is InChI=1S/C19H28N4O.C2HF3O.C2H6/c1-7-9-14(2)12-17(20-4)18-15(3)21-23(6)19(18)24-13-16-10-8-11-22(16)5;3-2(4,5)1-6;1-2/h7,12,16H,1-2,4,8-11,13H2,3,5-6H3;1H;1-2H3/b17-12-;;. The van der Waals surface area contributed by atoms with Crippen molar-refractivity contribution >= 4 is 18.7 Å². The van der Waals surface area contributed by atoms with Crippen LogP contribution in [0, 0.1) is 6.92 Å². The number of alkyl halides is 3. The van der Waals surface area contributed by atoms with Gasteiger partial charge >= 0.3 is 6.18 Å². The monoisotopic (exact) mass is 456 g/mol. The lowest BCUT2D eigenvalue weighted by molar-refractivity contribution is -0.156. The molecule has 1 unspecified atom stereocenters. The van der Waals surface area contributed by atoms with E-state index in [9.17, 15) is 13.2 Å². The van der Waals surface area contributed by atoms with Crippen molar-refractivity contribution in [1.82, 2.24) is 14.7 Å². The summed E-state index contributed by atoms with van der Waals surface area (Å²) >= 11 is 0. The number of aryl methyl sites for hydroxylation is 2. The Labute approximate surface area is 189 Å². The number of aldehydes is 1. The van der Waals surface area contributed by atoms with Crippen LogP contribution >= 0.6 is 0 Å². The molecule has 9 heteroatoms. The van der Waals surface area contributed by atoms with Crippen LogP contribution in [0.5, 0.6) is 5.88 Å². The Kier molecular flexibility index (Phi) is 13.2. The molecule has 180 valence electrons. The van der Waals surface area contributed by atoms with Gasteiger partial charge in [-0.1, -0.05) is 26.5 Å². The molecule has 6 nitrogen and oxygen atoms in total. The van der Waals surface area contributed by atoms with Crippen molar-refractivity contribution in [3.05, 3.63) is 42.1 Å². The molecular formula is C23H35F3N4O2. The van der Waals surface area contributed by atoms with Gasteiger partial charge in [0, 0.05) is 13.1 Å². The van der Waals surface area contributed by atoms with Gasteiger partial charge in [0.25, 0.3) is 0 Å². The molecule has 1 aromatic rings. The predicted molar refractivity (Wildman–Crippen MR) is 124 cm³/mol. The van der Waals surface area contributed by atoms with Crippen LogP contribution in [-0.2, 0) is 11.8 Å². The third-order valence-electron chi connectivity index (χ3n) is 4.56. The summed E-state index contributed by atoms with van der Waals surface area (Å²) in [5.74, 6) is 0.734. The number of aromatic nitrogens is 2. The molecule has 0 aromatic carbocycles. The van der Waals surface area contributed by atoms with Crippen LogP contribution in [0.2, 0.25) is 0 Å². The molecule has 0 amide bonds. The van der Waals surface area contributed by atoms with Gasteiger partial charge in [0.1, 0.15) is 6.61 Å². The van der Waals surface area contributed by atoms with E-state index in [1.54, 1.807) is 4.68 Å². The SMILES string of the molecule is C=CCC(=C)/C=C(\N=C)c1c(C)nn(C)c1OCC1CCCN1C.CC.O=CC(F)(F)F. The van der Waals surface area contributed by atoms with E-state index >= 15 is 0 Å². The second-order valence-corrected chi connectivity index (χ2v) is 6.98. The van der Waals surface area contributed by atoms with Gasteiger partial charge in [-0.2, -0.15) is 18.3 Å². The van der Waals surface area contributed by atoms with Crippen LogP contribution in [0.4, 0.5) is 13.2 Å². The van der Waals surface area contributed by atoms with Crippen LogP contribution in [0.25, 0.3) is 5.70 Å². The fourth-order valence-corrected chi connectivity index (χ4v) is 3.10. The Balaban J connectivity index is 0.00000104. The highest BCUT2D eigenvalue weighted by atomic mass is 19.4. The van der Waals surface area contributed by atoms with Gasteiger partial charge in [0.2, 0.25) is 12.2 Å². The number of likely N-dealkylation sites (N-methyl/N-ethyl adjacent to an activating group) is 1. The van der Waals surface area contributed by atoms with Crippen molar-refractivity contribution < 1.29 is 22.7 Å². The lowest BCUT2D eigenvalue weighted by Crippen LogP contribution is -2.31. The Morgan fingerprint density at radius 1 is 1.34 bits per heavy atom. The van der Waals surface area contributed by atoms with Gasteiger partial charge < -0.3 is 9.64 Å². The zero-order valence-corrected chi connectivity index (χ0v) is 19.7. The molecule has 1 aliphatic heterocycles. The third kappa shape index (κ3) is 9.64. The van der Waals surface area contributed by atoms with Crippen molar-refractivity contribution in [3.8, 4) is 5.88 Å². The predicted octanol–water partition coefficient (Wildman–Crippen LogP) is 5.15. The maximum atomic E-state index is 10.4. The Hall–Kier alpha value is -2.68. The molecule has 32 heavy (non-hydrogen) atoms. The minimum absolute atomic E-state index is 0.452. The number of ether oxygens (including phenoxy) is 1. The molecule has 1 saturated heterocycles. The van der Waals surface area contributed by atoms with Gasteiger partial charge in [-0.05, 0) is 58.1 Å². The molecule has 1 aromatic heterocycles. The average Bonchev–Trinajstić information content (AvgIpc) is 3.27. The molecule has 0 saturated carbocycles. The molecule has 0 spiro atoms. The van der Waals surface area contributed by atoms with Crippen LogP contribution in [0.1, 0.15) is 44.4 Å². The van der Waals surface area contributed by atoms with Crippen LogP contribution in [0.3, 0.4) is 0 Å². The van der Waals surface area contributed by atoms with E-state index in [-0.39, 0.29) is 0 Å². The highest BCUT2D eigenvalue weighted by Gasteiger charge is 2.25. The summed E-state index contributed by atoms with van der Waals surface area (Å²) in [6, 6.07) is 0.452. The summed E-state index contributed by atoms with van der Waals surface area (Å²) in [7, 11) is 4.04. The summed E-state index contributed by atoms with van der Waals surface area (Å²) in [5.41, 5.74) is 3.43. The number of allylic oxidation sites excluding steroid dienone is 3. The highest BCUT2D eigenvalue weighted by Crippen LogP contribution is 2.31. The van der Waals surface area contributed by atoms with Crippen molar-refractivity contribution in [3.63, 3.8) is 0 Å². The number of hydrogen-bond donors (Lipinski definition) is 0. The summed E-state index contributed by atoms with van der Waals surface area (Å²) in [6.07, 6.45) is 1.15. The smallest absolute Gasteiger partial charge is 0.446 e. The maximum Gasteiger partial charge on any atom is 0.446 e. The van der Waals surface area contributed by atoms with Gasteiger partial charge in [-0.15, -0.1) is 6.58 Å². The maximum absolute atomic E-state index is 10.4. The van der Waals surface area contributed by atoms with E-state index in [1.807, 2.05) is 40.0 Å². The summed E-state index contributed by atoms with van der Waals surface area (Å²) in [4.78, 5) is 15.2. The van der Waals surface area contributed by atoms with Gasteiger partial charge in [0.05, 0.1) is 17.0 Å². The first kappa shape index (κ1) is 29.3. The Bertz CT molecular complexity index is 798. The second-order valence-electron chi connectivity index (χ2n) is 6.98. The highest BCUT2D eigenvalue weighted by molar-refractivity contribution is 5.74. The number of hydrogen-bond acceptors (Lipinski definition) is 5. The third-order valence-corrected chi connectivity index (χ3v) is 4.56. The molecule has 1 fully saturated rings. The van der Waals surface area contributed by atoms with E-state index in [0.29, 0.717) is 19.1 Å². The van der Waals surface area contributed by atoms with Crippen LogP contribution in [-0.4, -0.2) is 60.1 Å². The lowest BCUT2D eigenvalue weighted by atomic mass is 10.1. The Morgan fingerprint density at radius 2 is 1.94 bits per heavy atom. The minimum atomic E-state index is -4.64. The quantitative estimate of drug-likeness (QED) is 0.235. The van der Waals surface area contributed by atoms with Gasteiger partial charge in [-0.3, -0.25) is 9.79 Å². The summed E-state index contributed by atoms with van der Waals surface area (Å²) in [5, 5.41) is 4.50. The zero-order valence-electron chi connectivity index (χ0n) is 19.7. The van der Waals surface area contributed by atoms with Gasteiger partial charge in [-0.25, -0.2) is 4.68 Å². The van der Waals surface area contributed by atoms with E-state index in [1.165, 1.54) is 12.8 Å². The number of likely N-dealkylation sites (tertiary alicyclic amines) is 1. The van der Waals surface area contributed by atoms with Crippen molar-refractivity contribution in [2.75, 3.05) is 20.2 Å². The van der Waals surface area contributed by atoms with Crippen molar-refractivity contribution in [1.29, 1.82) is 0 Å². The molecule has 2 rings (SSSR count). The van der Waals surface area contributed by atoms with E-state index < -0.39 is 12.5 Å². The average molecular weight is 457 g/mol. The van der Waals surface area contributed by atoms with Crippen LogP contribution < -0.4 is 4.74 Å². The molecule has 0 radical (unpaired) electrons. The second kappa shape index (κ2) is 14.4. The number of nitrogens with zero attached hydrogens (tertiary/aromatic N) is 4. The first-order chi connectivity index (χ1) is 15.0. The first-order valence-corrected chi connectivity index (χ1v) is 10.4. The molecule has 0 bridgehead atoms. The fourth-order valence-electron chi connectivity index (χ4n) is 3.10. The van der Waals surface area contributed by atoms with Crippen molar-refractivity contribution in [2.45, 2.75) is 52.3 Å². The number of halogens is 3. The minimum Gasteiger partial charge on any atom is -0.476 e. The first-order valence-electron chi connectivity index (χ1n) is 10.4. The largest absolute Gasteiger partial charge is 0.476 e. The number of carbonyl (C=O) groups excluding carboxylic acids is 1. The molecule has 0 aliphatic carbocycles. The summed E-state index contributed by atoms with van der Waals surface area (Å²) < 4.78 is 39.2. The molecule has 1 atom stereocenters. The van der Waals surface area contributed by atoms with E-state index in [2.05, 4.69) is 41.9 Å². The zero-order chi connectivity index (χ0) is 24.9. The van der Waals surface area contributed by atoms with E-state index in [4.69, 9.17) is 9.53 Å². The molecule has 1 aliphatic rings. The van der Waals surface area contributed by atoms with Gasteiger partial charge in [0.15, 0.2) is 0 Å². The molecule has 2 heterocycles. The van der Waals surface area contributed by atoms with Crippen LogP contribution in [0.15, 0.2) is 35.9 Å². The lowest BCUT2D eigenvalue weighted by Gasteiger charge is -2.20. The topological polar surface area (TPSA) is 59.7 Å². The normalized spacial score (nSPS) is 16.2. The number of carbonyl (C=O) groups is 1. The fraction of sp³-hybridized carbons (Fsp3) is 0.522.